The Kier molecular flexibility index (Phi) is 10.1. The summed E-state index contributed by atoms with van der Waals surface area (Å²) in [6, 6.07) is 0. The van der Waals surface area contributed by atoms with Gasteiger partial charge >= 0.3 is 0 Å². The van der Waals surface area contributed by atoms with Crippen LogP contribution in [0, 0.1) is 27.2 Å². The summed E-state index contributed by atoms with van der Waals surface area (Å²) < 4.78 is 0. The van der Waals surface area contributed by atoms with Gasteiger partial charge in [-0.2, -0.15) is 10.5 Å². The van der Waals surface area contributed by atoms with E-state index in [0.29, 0.717) is 11.2 Å². The monoisotopic (exact) mass is 296 g/mol. The molecule has 2 nitrogen and oxygen atoms in total. The van der Waals surface area contributed by atoms with Gasteiger partial charge in [-0.3, -0.25) is 0 Å². The van der Waals surface area contributed by atoms with Crippen LogP contribution in [0.3, 0.4) is 0 Å². The Balaban J connectivity index is 0.000000250. The second-order valence-electron chi connectivity index (χ2n) is 5.38. The average Bonchev–Trinajstić information content (AvgIpc) is 2.49. The lowest BCUT2D eigenvalue weighted by Gasteiger charge is -2.25. The zero-order chi connectivity index (χ0) is 13.8. The maximum atomic E-state index is 8.49. The number of rotatable bonds is 3. The Morgan fingerprint density at radius 3 is 1.74 bits per heavy atom. The fourth-order valence-corrected chi connectivity index (χ4v) is 4.01. The topological polar surface area (TPSA) is 47.6 Å². The van der Waals surface area contributed by atoms with Crippen molar-refractivity contribution in [3.05, 3.63) is 0 Å². The van der Waals surface area contributed by atoms with Crippen LogP contribution in [-0.2, 0) is 0 Å². The van der Waals surface area contributed by atoms with Gasteiger partial charge < -0.3 is 0 Å². The number of hydrogen-bond acceptors (Lipinski definition) is 4. The number of hydrogen-bond donors (Lipinski definition) is 0. The Hall–Kier alpha value is -0.320. The van der Waals surface area contributed by atoms with Crippen molar-refractivity contribution >= 4 is 23.5 Å². The molecule has 0 spiro atoms. The second kappa shape index (κ2) is 11.5. The van der Waals surface area contributed by atoms with Crippen molar-refractivity contribution in [2.75, 3.05) is 5.75 Å². The molecule has 4 heteroatoms. The first-order chi connectivity index (χ1) is 9.36. The highest BCUT2D eigenvalue weighted by molar-refractivity contribution is 8.04. The van der Waals surface area contributed by atoms with Gasteiger partial charge in [0, 0.05) is 11.0 Å². The van der Waals surface area contributed by atoms with E-state index < -0.39 is 0 Å². The molecular formula is C15H24N2S2. The van der Waals surface area contributed by atoms with Crippen LogP contribution < -0.4 is 0 Å². The Morgan fingerprint density at radius 2 is 1.32 bits per heavy atom. The fraction of sp³-hybridized carbons (Fsp3) is 0.867. The smallest absolute Gasteiger partial charge is 0.133 e. The highest BCUT2D eigenvalue weighted by Crippen LogP contribution is 2.32. The van der Waals surface area contributed by atoms with E-state index in [1.165, 1.54) is 74.9 Å². The maximum Gasteiger partial charge on any atom is 0.133 e. The first kappa shape index (κ1) is 16.7. The summed E-state index contributed by atoms with van der Waals surface area (Å²) in [7, 11) is 0. The molecule has 0 N–H and O–H groups in total. The van der Waals surface area contributed by atoms with Gasteiger partial charge in [0.25, 0.3) is 0 Å². The van der Waals surface area contributed by atoms with Gasteiger partial charge in [-0.15, -0.1) is 0 Å². The van der Waals surface area contributed by atoms with Crippen LogP contribution in [0.5, 0.6) is 0 Å². The summed E-state index contributed by atoms with van der Waals surface area (Å²) in [4.78, 5) is 0. The molecular weight excluding hydrogens is 272 g/mol. The Bertz CT molecular complexity index is 283. The van der Waals surface area contributed by atoms with Crippen molar-refractivity contribution in [1.82, 2.24) is 0 Å². The third kappa shape index (κ3) is 8.45. The van der Waals surface area contributed by atoms with Gasteiger partial charge in [0.05, 0.1) is 0 Å². The minimum absolute atomic E-state index is 0.549. The largest absolute Gasteiger partial charge is 0.185 e. The standard InChI is InChI=1S/C9H12N2S2.C6H12/c10-6-12-5-8-1-3-9(4-2-8)13-7-11;1-2-4-6-5-3-1/h8-9H,1-5H2;1-6H2. The van der Waals surface area contributed by atoms with E-state index in [9.17, 15) is 0 Å². The van der Waals surface area contributed by atoms with Crippen LogP contribution in [0.15, 0.2) is 0 Å². The van der Waals surface area contributed by atoms with E-state index >= 15 is 0 Å². The molecule has 0 unspecified atom stereocenters. The van der Waals surface area contributed by atoms with Crippen molar-refractivity contribution in [2.24, 2.45) is 5.92 Å². The summed E-state index contributed by atoms with van der Waals surface area (Å²) in [6.45, 7) is 0. The lowest BCUT2D eigenvalue weighted by atomic mass is 9.90. The zero-order valence-corrected chi connectivity index (χ0v) is 13.3. The molecule has 0 aromatic carbocycles. The van der Waals surface area contributed by atoms with Crippen molar-refractivity contribution in [1.29, 1.82) is 10.5 Å². The molecule has 0 amide bonds. The fourth-order valence-electron chi connectivity index (χ4n) is 2.71. The number of thioether (sulfide) groups is 2. The van der Waals surface area contributed by atoms with Crippen molar-refractivity contribution in [2.45, 2.75) is 69.5 Å². The third-order valence-corrected chi connectivity index (χ3v) is 5.57. The minimum Gasteiger partial charge on any atom is -0.185 e. The van der Waals surface area contributed by atoms with Gasteiger partial charge in [-0.1, -0.05) is 38.5 Å². The summed E-state index contributed by atoms with van der Waals surface area (Å²) in [5, 5.41) is 21.7. The van der Waals surface area contributed by atoms with E-state index in [1.54, 1.807) is 0 Å². The number of thiocyanates is 2. The lowest BCUT2D eigenvalue weighted by Crippen LogP contribution is -2.17. The van der Waals surface area contributed by atoms with Crippen molar-refractivity contribution in [3.63, 3.8) is 0 Å². The molecule has 2 aliphatic carbocycles. The molecule has 0 atom stereocenters. The van der Waals surface area contributed by atoms with Crippen LogP contribution in [0.25, 0.3) is 0 Å². The van der Waals surface area contributed by atoms with Gasteiger partial charge in [-0.05, 0) is 55.1 Å². The van der Waals surface area contributed by atoms with E-state index in [0.717, 1.165) is 18.6 Å². The molecule has 2 saturated carbocycles. The molecule has 106 valence electrons. The molecule has 2 aliphatic rings. The maximum absolute atomic E-state index is 8.49. The summed E-state index contributed by atoms with van der Waals surface area (Å²) in [5.41, 5.74) is 0. The molecule has 2 rings (SSSR count). The molecule has 0 aromatic rings. The van der Waals surface area contributed by atoms with Crippen LogP contribution in [-0.4, -0.2) is 11.0 Å². The number of nitrogens with zero attached hydrogens (tertiary/aromatic N) is 2. The van der Waals surface area contributed by atoms with Gasteiger partial charge in [0.1, 0.15) is 10.8 Å². The molecule has 19 heavy (non-hydrogen) atoms. The molecule has 2 fully saturated rings. The van der Waals surface area contributed by atoms with E-state index in [4.69, 9.17) is 10.5 Å². The van der Waals surface area contributed by atoms with Gasteiger partial charge in [0.2, 0.25) is 0 Å². The van der Waals surface area contributed by atoms with Crippen molar-refractivity contribution < 1.29 is 0 Å². The summed E-state index contributed by atoms with van der Waals surface area (Å²) >= 11 is 2.77. The van der Waals surface area contributed by atoms with Gasteiger partial charge in [-0.25, -0.2) is 0 Å². The van der Waals surface area contributed by atoms with Crippen molar-refractivity contribution in [3.8, 4) is 10.8 Å². The molecule has 0 aliphatic heterocycles. The molecule has 0 saturated heterocycles. The quantitative estimate of drug-likeness (QED) is 0.662. The van der Waals surface area contributed by atoms with Crippen LogP contribution in [0.1, 0.15) is 64.2 Å². The number of nitriles is 2. The predicted octanol–water partition coefficient (Wildman–Crippen LogP) is 5.31. The molecule has 0 radical (unpaired) electrons. The average molecular weight is 297 g/mol. The highest BCUT2D eigenvalue weighted by Gasteiger charge is 2.21. The summed E-state index contributed by atoms with van der Waals surface area (Å²) in [5.74, 6) is 1.68. The zero-order valence-electron chi connectivity index (χ0n) is 11.6. The predicted molar refractivity (Wildman–Crippen MR) is 84.7 cm³/mol. The molecule has 0 aromatic heterocycles. The van der Waals surface area contributed by atoms with Crippen LogP contribution in [0.2, 0.25) is 0 Å². The molecule has 0 bridgehead atoms. The lowest BCUT2D eigenvalue weighted by molar-refractivity contribution is 0.400. The van der Waals surface area contributed by atoms with E-state index in [-0.39, 0.29) is 0 Å². The van der Waals surface area contributed by atoms with Crippen LogP contribution in [0.4, 0.5) is 0 Å². The Labute approximate surface area is 126 Å². The minimum atomic E-state index is 0.549. The normalized spacial score (nSPS) is 26.4. The Morgan fingerprint density at radius 1 is 0.789 bits per heavy atom. The first-order valence-electron chi connectivity index (χ1n) is 7.42. The highest BCUT2D eigenvalue weighted by atomic mass is 32.2. The van der Waals surface area contributed by atoms with E-state index in [1.807, 2.05) is 0 Å². The van der Waals surface area contributed by atoms with E-state index in [2.05, 4.69) is 10.8 Å². The summed E-state index contributed by atoms with van der Waals surface area (Å²) in [6.07, 6.45) is 13.7. The first-order valence-corrected chi connectivity index (χ1v) is 9.29. The molecule has 0 heterocycles. The SMILES string of the molecule is C1CCCCC1.N#CSCC1CCC(SC#N)CC1. The third-order valence-electron chi connectivity index (χ3n) is 3.90. The van der Waals surface area contributed by atoms with Crippen LogP contribution >= 0.6 is 23.5 Å². The van der Waals surface area contributed by atoms with Gasteiger partial charge in [0.15, 0.2) is 0 Å². The second-order valence-corrected chi connectivity index (χ2v) is 7.27.